The maximum Gasteiger partial charge on any atom is 0.244 e. The first-order valence-corrected chi connectivity index (χ1v) is 8.53. The Labute approximate surface area is 159 Å². The van der Waals surface area contributed by atoms with Crippen LogP contribution in [0.3, 0.4) is 0 Å². The normalized spacial score (nSPS) is 15.4. The number of ether oxygens (including phenoxy) is 1. The summed E-state index contributed by atoms with van der Waals surface area (Å²) in [6, 6.07) is 14.9. The van der Waals surface area contributed by atoms with Crippen LogP contribution >= 0.6 is 0 Å². The summed E-state index contributed by atoms with van der Waals surface area (Å²) in [7, 11) is 0. The van der Waals surface area contributed by atoms with Crippen molar-refractivity contribution in [2.45, 2.75) is 39.5 Å². The van der Waals surface area contributed by atoms with E-state index in [-0.39, 0.29) is 23.1 Å². The molecule has 2 aromatic carbocycles. The molecule has 0 spiro atoms. The Kier molecular flexibility index (Phi) is 5.28. The summed E-state index contributed by atoms with van der Waals surface area (Å²) >= 11 is 0. The molecule has 1 aliphatic rings. The van der Waals surface area contributed by atoms with Gasteiger partial charge in [-0.1, -0.05) is 36.4 Å². The number of halogens is 1. The molecule has 0 radical (unpaired) electrons. The zero-order chi connectivity index (χ0) is 16.5. The largest absolute Gasteiger partial charge is 1.00 e. The lowest BCUT2D eigenvalue weighted by Crippen LogP contribution is -3.00. The SMILES string of the molecule is Cc1cc(C)c2c(c1)OC(Cn1cc[n+](Cc3ccccc3)c1)C2.[Br-]. The molecule has 25 heavy (non-hydrogen) atoms. The number of hydrogen-bond acceptors (Lipinski definition) is 1. The minimum atomic E-state index is 0. The van der Waals surface area contributed by atoms with Crippen LogP contribution in [-0.4, -0.2) is 10.7 Å². The molecular weight excluding hydrogens is 376 g/mol. The summed E-state index contributed by atoms with van der Waals surface area (Å²) < 4.78 is 10.6. The van der Waals surface area contributed by atoms with Crippen LogP contribution in [0.2, 0.25) is 0 Å². The van der Waals surface area contributed by atoms with Gasteiger partial charge in [0, 0.05) is 12.0 Å². The van der Waals surface area contributed by atoms with Crippen molar-refractivity contribution in [1.29, 1.82) is 0 Å². The Morgan fingerprint density at radius 2 is 1.96 bits per heavy atom. The average Bonchev–Trinajstić information content (AvgIpc) is 3.15. The standard InChI is InChI=1S/C21H23N2O.BrH/c1-16-10-17(2)20-12-19(24-21(20)11-16)14-23-9-8-22(15-23)13-18-6-4-3-5-7-18;/h3-11,15,19H,12-14H2,1-2H3;1H/q+1;/p-1. The third-order valence-corrected chi connectivity index (χ3v) is 4.67. The molecule has 1 atom stereocenters. The van der Waals surface area contributed by atoms with Gasteiger partial charge < -0.3 is 21.7 Å². The lowest BCUT2D eigenvalue weighted by atomic mass is 10.0. The smallest absolute Gasteiger partial charge is 0.244 e. The van der Waals surface area contributed by atoms with Crippen LogP contribution in [0.25, 0.3) is 0 Å². The van der Waals surface area contributed by atoms with Gasteiger partial charge >= 0.3 is 0 Å². The number of nitrogens with zero attached hydrogens (tertiary/aromatic N) is 2. The van der Waals surface area contributed by atoms with E-state index in [0.717, 1.165) is 25.3 Å². The lowest BCUT2D eigenvalue weighted by Gasteiger charge is -2.07. The third-order valence-electron chi connectivity index (χ3n) is 4.67. The van der Waals surface area contributed by atoms with Crippen molar-refractivity contribution >= 4 is 0 Å². The number of benzene rings is 2. The minimum Gasteiger partial charge on any atom is -1.00 e. The van der Waals surface area contributed by atoms with Crippen molar-refractivity contribution in [2.75, 3.05) is 0 Å². The predicted octanol–water partition coefficient (Wildman–Crippen LogP) is 0.448. The third kappa shape index (κ3) is 3.96. The monoisotopic (exact) mass is 398 g/mol. The van der Waals surface area contributed by atoms with Gasteiger partial charge in [-0.3, -0.25) is 0 Å². The topological polar surface area (TPSA) is 18.0 Å². The molecule has 0 N–H and O–H groups in total. The Morgan fingerprint density at radius 3 is 2.76 bits per heavy atom. The van der Waals surface area contributed by atoms with Crippen molar-refractivity contribution < 1.29 is 26.3 Å². The second-order valence-electron chi connectivity index (χ2n) is 6.77. The molecule has 0 saturated carbocycles. The predicted molar refractivity (Wildman–Crippen MR) is 94.2 cm³/mol. The first-order chi connectivity index (χ1) is 11.7. The second-order valence-corrected chi connectivity index (χ2v) is 6.77. The Bertz CT molecular complexity index is 858. The number of fused-ring (bicyclic) bond motifs is 1. The van der Waals surface area contributed by atoms with E-state index in [2.05, 4.69) is 84.2 Å². The highest BCUT2D eigenvalue weighted by molar-refractivity contribution is 5.45. The quantitative estimate of drug-likeness (QED) is 0.583. The number of aromatic nitrogens is 2. The second kappa shape index (κ2) is 7.44. The Morgan fingerprint density at radius 1 is 1.16 bits per heavy atom. The molecule has 0 fully saturated rings. The summed E-state index contributed by atoms with van der Waals surface area (Å²) in [5.74, 6) is 1.07. The van der Waals surface area contributed by atoms with Gasteiger partial charge in [0.2, 0.25) is 6.33 Å². The zero-order valence-corrected chi connectivity index (χ0v) is 16.2. The molecule has 0 amide bonds. The van der Waals surface area contributed by atoms with E-state index in [1.165, 1.54) is 22.3 Å². The highest BCUT2D eigenvalue weighted by atomic mass is 79.9. The number of aryl methyl sites for hydroxylation is 2. The molecule has 2 heterocycles. The highest BCUT2D eigenvalue weighted by Crippen LogP contribution is 2.33. The molecule has 4 rings (SSSR count). The summed E-state index contributed by atoms with van der Waals surface area (Å²) in [5, 5.41) is 0. The van der Waals surface area contributed by atoms with Gasteiger partial charge in [-0.2, -0.15) is 0 Å². The first-order valence-electron chi connectivity index (χ1n) is 8.53. The molecule has 3 aromatic rings. The van der Waals surface area contributed by atoms with Crippen molar-refractivity contribution in [3.05, 3.63) is 83.4 Å². The highest BCUT2D eigenvalue weighted by Gasteiger charge is 2.26. The molecule has 1 unspecified atom stereocenters. The zero-order valence-electron chi connectivity index (χ0n) is 14.7. The molecule has 3 nitrogen and oxygen atoms in total. The van der Waals surface area contributed by atoms with E-state index < -0.39 is 0 Å². The van der Waals surface area contributed by atoms with Gasteiger partial charge in [-0.05, 0) is 36.6 Å². The van der Waals surface area contributed by atoms with E-state index in [1.807, 2.05) is 0 Å². The van der Waals surface area contributed by atoms with Crippen molar-refractivity contribution in [2.24, 2.45) is 0 Å². The molecular formula is C21H23BrN2O. The first kappa shape index (κ1) is 17.7. The lowest BCUT2D eigenvalue weighted by molar-refractivity contribution is -0.687. The van der Waals surface area contributed by atoms with Gasteiger partial charge in [0.15, 0.2) is 0 Å². The van der Waals surface area contributed by atoms with Crippen molar-refractivity contribution in [3.63, 3.8) is 0 Å². The van der Waals surface area contributed by atoms with Gasteiger partial charge in [0.1, 0.15) is 37.3 Å². The Hall–Kier alpha value is -2.07. The molecule has 130 valence electrons. The van der Waals surface area contributed by atoms with Gasteiger partial charge in [0.05, 0.1) is 0 Å². The van der Waals surface area contributed by atoms with E-state index in [0.29, 0.717) is 0 Å². The van der Waals surface area contributed by atoms with E-state index in [9.17, 15) is 0 Å². The summed E-state index contributed by atoms with van der Waals surface area (Å²) in [6.45, 7) is 6.09. The minimum absolute atomic E-state index is 0. The average molecular weight is 399 g/mol. The van der Waals surface area contributed by atoms with Crippen LogP contribution in [0, 0.1) is 13.8 Å². The van der Waals surface area contributed by atoms with Crippen LogP contribution < -0.4 is 26.3 Å². The van der Waals surface area contributed by atoms with Gasteiger partial charge in [-0.15, -0.1) is 0 Å². The number of hydrogen-bond donors (Lipinski definition) is 0. The fourth-order valence-electron chi connectivity index (χ4n) is 3.55. The van der Waals surface area contributed by atoms with E-state index >= 15 is 0 Å². The fourth-order valence-corrected chi connectivity index (χ4v) is 3.55. The molecule has 0 aliphatic carbocycles. The van der Waals surface area contributed by atoms with Crippen LogP contribution in [-0.2, 0) is 19.5 Å². The van der Waals surface area contributed by atoms with Gasteiger partial charge in [0.25, 0.3) is 0 Å². The molecule has 0 saturated heterocycles. The van der Waals surface area contributed by atoms with Crippen LogP contribution in [0.4, 0.5) is 0 Å². The molecule has 4 heteroatoms. The van der Waals surface area contributed by atoms with E-state index in [1.54, 1.807) is 0 Å². The number of rotatable bonds is 4. The maximum absolute atomic E-state index is 6.17. The number of imidazole rings is 1. The van der Waals surface area contributed by atoms with Crippen LogP contribution in [0.15, 0.2) is 61.2 Å². The fraction of sp³-hybridized carbons (Fsp3) is 0.286. The summed E-state index contributed by atoms with van der Waals surface area (Å²) in [6.07, 6.45) is 7.64. The van der Waals surface area contributed by atoms with Crippen molar-refractivity contribution in [1.82, 2.24) is 4.57 Å². The molecule has 1 aromatic heterocycles. The van der Waals surface area contributed by atoms with Gasteiger partial charge in [-0.25, -0.2) is 9.13 Å². The van der Waals surface area contributed by atoms with Crippen LogP contribution in [0.1, 0.15) is 22.3 Å². The Balaban J connectivity index is 0.00000182. The molecule has 0 bridgehead atoms. The van der Waals surface area contributed by atoms with E-state index in [4.69, 9.17) is 4.74 Å². The summed E-state index contributed by atoms with van der Waals surface area (Å²) in [4.78, 5) is 0. The van der Waals surface area contributed by atoms with Crippen molar-refractivity contribution in [3.8, 4) is 5.75 Å². The van der Waals surface area contributed by atoms with Crippen LogP contribution in [0.5, 0.6) is 5.75 Å². The summed E-state index contributed by atoms with van der Waals surface area (Å²) in [5.41, 5.74) is 5.30. The molecule has 1 aliphatic heterocycles. The maximum atomic E-state index is 6.17.